The Morgan fingerprint density at radius 3 is 1.73 bits per heavy atom. The van der Waals surface area contributed by atoms with Crippen molar-refractivity contribution in [3.63, 3.8) is 0 Å². The maximum atomic E-state index is 14.3. The van der Waals surface area contributed by atoms with Crippen LogP contribution in [0.15, 0.2) is 122 Å². The predicted molar refractivity (Wildman–Crippen MR) is 250 cm³/mol. The Kier molecular flexibility index (Phi) is 13.1. The summed E-state index contributed by atoms with van der Waals surface area (Å²) < 4.78 is 5.43. The molecule has 66 heavy (non-hydrogen) atoms. The van der Waals surface area contributed by atoms with Crippen LogP contribution < -0.4 is 5.32 Å². The van der Waals surface area contributed by atoms with E-state index in [-0.39, 0.29) is 29.8 Å². The third-order valence-electron chi connectivity index (χ3n) is 13.0. The molecule has 3 aliphatic heterocycles. The molecule has 3 N–H and O–H groups in total. The predicted octanol–water partition coefficient (Wildman–Crippen LogP) is 6.62. The molecule has 340 valence electrons. The molecular formula is C51H56N10O5. The summed E-state index contributed by atoms with van der Waals surface area (Å²) in [5.41, 5.74) is 7.31. The van der Waals surface area contributed by atoms with Crippen LogP contribution in [0.1, 0.15) is 66.7 Å². The normalized spacial score (nSPS) is 18.6. The van der Waals surface area contributed by atoms with E-state index in [9.17, 15) is 19.2 Å². The second-order valence-electron chi connectivity index (χ2n) is 17.4. The molecule has 0 radical (unpaired) electrons. The first-order valence-corrected chi connectivity index (χ1v) is 22.7. The van der Waals surface area contributed by atoms with E-state index in [2.05, 4.69) is 63.8 Å². The average molecular weight is 889 g/mol. The number of imidazole rings is 2. The zero-order valence-corrected chi connectivity index (χ0v) is 37.6. The molecule has 3 saturated heterocycles. The number of benzene rings is 4. The molecule has 5 amide bonds. The Morgan fingerprint density at radius 2 is 1.17 bits per heavy atom. The molecule has 0 saturated carbocycles. The summed E-state index contributed by atoms with van der Waals surface area (Å²) >= 11 is 0. The molecule has 3 aliphatic rings. The van der Waals surface area contributed by atoms with Crippen LogP contribution in [0.25, 0.3) is 33.6 Å². The number of carbonyl (C=O) groups excluding carboxylic acids is 4. The number of likely N-dealkylation sites (N-methyl/N-ethyl adjacent to an activating group) is 1. The Hall–Kier alpha value is -7.10. The van der Waals surface area contributed by atoms with Gasteiger partial charge in [0, 0.05) is 46.2 Å². The van der Waals surface area contributed by atoms with Crippen molar-refractivity contribution in [2.75, 3.05) is 66.6 Å². The van der Waals surface area contributed by atoms with Crippen molar-refractivity contribution in [2.24, 2.45) is 0 Å². The fraction of sp³-hybridized carbons (Fsp3) is 0.333. The zero-order chi connectivity index (χ0) is 45.7. The number of H-pyrrole nitrogens is 2. The average Bonchev–Trinajstić information content (AvgIpc) is 4.16. The van der Waals surface area contributed by atoms with Gasteiger partial charge in [-0.25, -0.2) is 14.8 Å². The summed E-state index contributed by atoms with van der Waals surface area (Å²) in [6, 6.07) is 33.4. The first-order chi connectivity index (χ1) is 32.1. The van der Waals surface area contributed by atoms with Gasteiger partial charge in [0.1, 0.15) is 29.8 Å². The number of urea groups is 1. The number of nitrogens with one attached hydrogen (secondary N) is 3. The summed E-state index contributed by atoms with van der Waals surface area (Å²) in [6.45, 7) is 5.25. The van der Waals surface area contributed by atoms with Gasteiger partial charge in [0.25, 0.3) is 0 Å². The molecule has 15 heteroatoms. The van der Waals surface area contributed by atoms with E-state index in [0.717, 1.165) is 57.6 Å². The number of carbonyl (C=O) groups is 4. The Labute approximate surface area is 384 Å². The molecule has 0 bridgehead atoms. The van der Waals surface area contributed by atoms with Crippen molar-refractivity contribution < 1.29 is 23.9 Å². The van der Waals surface area contributed by atoms with Gasteiger partial charge in [0.2, 0.25) is 17.7 Å². The van der Waals surface area contributed by atoms with Gasteiger partial charge in [0.05, 0.1) is 43.0 Å². The highest BCUT2D eigenvalue weighted by atomic mass is 16.5. The monoisotopic (exact) mass is 888 g/mol. The molecule has 6 aromatic rings. The number of amides is 5. The van der Waals surface area contributed by atoms with E-state index >= 15 is 0 Å². The Bertz CT molecular complexity index is 2630. The van der Waals surface area contributed by atoms with Crippen LogP contribution in [0.2, 0.25) is 0 Å². The topological polar surface area (TPSA) is 163 Å². The van der Waals surface area contributed by atoms with Gasteiger partial charge in [-0.1, -0.05) is 109 Å². The molecule has 2 aromatic heterocycles. The lowest BCUT2D eigenvalue weighted by Gasteiger charge is -2.42. The number of rotatable bonds is 11. The van der Waals surface area contributed by atoms with E-state index < -0.39 is 18.1 Å². The number of piperazine rings is 1. The molecule has 5 heterocycles. The third-order valence-corrected chi connectivity index (χ3v) is 13.0. The van der Waals surface area contributed by atoms with Crippen molar-refractivity contribution in [1.29, 1.82) is 0 Å². The highest BCUT2D eigenvalue weighted by molar-refractivity contribution is 5.89. The van der Waals surface area contributed by atoms with Crippen molar-refractivity contribution in [1.82, 2.24) is 49.8 Å². The van der Waals surface area contributed by atoms with Crippen LogP contribution in [-0.4, -0.2) is 135 Å². The van der Waals surface area contributed by atoms with Gasteiger partial charge in [-0.15, -0.1) is 0 Å². The SMILES string of the molecule is CC(=O)N1CCN(C(=O)[C@@H](c2ccccc2)N(C)C)C(c2ncc(-c3ccc(-c4ccc(-c5cnc(C6CCCN6C(=O)[C@H](NC(=O)N6CCOCC6)c6ccccc6)[nH]5)cc4)cc3)[nH]2)C1. The van der Waals surface area contributed by atoms with Crippen molar-refractivity contribution in [2.45, 2.75) is 43.9 Å². The molecule has 2 unspecified atom stereocenters. The molecule has 9 rings (SSSR count). The van der Waals surface area contributed by atoms with Gasteiger partial charge >= 0.3 is 6.03 Å². The van der Waals surface area contributed by atoms with Gasteiger partial charge in [-0.05, 0) is 60.3 Å². The van der Waals surface area contributed by atoms with Gasteiger partial charge < -0.3 is 39.6 Å². The van der Waals surface area contributed by atoms with E-state index in [0.29, 0.717) is 64.1 Å². The molecule has 3 fully saturated rings. The summed E-state index contributed by atoms with van der Waals surface area (Å²) in [7, 11) is 3.82. The van der Waals surface area contributed by atoms with Crippen LogP contribution >= 0.6 is 0 Å². The fourth-order valence-electron chi connectivity index (χ4n) is 9.41. The number of hydrogen-bond acceptors (Lipinski definition) is 8. The van der Waals surface area contributed by atoms with E-state index in [1.54, 1.807) is 22.9 Å². The van der Waals surface area contributed by atoms with Crippen LogP contribution in [-0.2, 0) is 19.1 Å². The van der Waals surface area contributed by atoms with Crippen molar-refractivity contribution >= 4 is 23.8 Å². The lowest BCUT2D eigenvalue weighted by Crippen LogP contribution is -2.54. The van der Waals surface area contributed by atoms with Crippen molar-refractivity contribution in [3.8, 4) is 33.6 Å². The second kappa shape index (κ2) is 19.6. The van der Waals surface area contributed by atoms with Crippen LogP contribution in [0.5, 0.6) is 0 Å². The summed E-state index contributed by atoms with van der Waals surface area (Å²) in [4.78, 5) is 80.1. The first-order valence-electron chi connectivity index (χ1n) is 22.7. The van der Waals surface area contributed by atoms with E-state index in [1.807, 2.05) is 95.7 Å². The Morgan fingerprint density at radius 1 is 0.636 bits per heavy atom. The maximum absolute atomic E-state index is 14.3. The van der Waals surface area contributed by atoms with E-state index in [4.69, 9.17) is 14.7 Å². The molecule has 15 nitrogen and oxygen atoms in total. The number of nitrogens with zero attached hydrogens (tertiary/aromatic N) is 7. The smallest absolute Gasteiger partial charge is 0.318 e. The number of aromatic amines is 2. The van der Waals surface area contributed by atoms with Crippen LogP contribution in [0.4, 0.5) is 4.79 Å². The van der Waals surface area contributed by atoms with Gasteiger partial charge in [0.15, 0.2) is 0 Å². The minimum atomic E-state index is -0.832. The molecule has 0 aliphatic carbocycles. The van der Waals surface area contributed by atoms with Crippen LogP contribution in [0.3, 0.4) is 0 Å². The standard InChI is InChI=1S/C51H56N10O5/c1-34(62)59-25-26-61(50(64)46(57(2)3)40-13-8-5-9-14-40)44(33-59)48-53-32-42(55-48)38-22-18-36(19-23-38)35-16-20-37(21-17-35)41-31-52-47(54-41)43-15-10-24-60(43)49(63)45(39-11-6-4-7-12-39)56-51(65)58-27-29-66-30-28-58/h4-9,11-14,16-23,31-32,43-46H,10,15,24-30,33H2,1-3H3,(H,52,54)(H,53,55)(H,56,65)/t43?,44?,45-,46-/m1/s1. The molecule has 4 atom stereocenters. The minimum absolute atomic E-state index is 0.0327. The Balaban J connectivity index is 0.875. The largest absolute Gasteiger partial charge is 0.378 e. The lowest BCUT2D eigenvalue weighted by molar-refractivity contribution is -0.146. The number of ether oxygens (including phenoxy) is 1. The fourth-order valence-corrected chi connectivity index (χ4v) is 9.41. The third kappa shape index (κ3) is 9.35. The quantitative estimate of drug-likeness (QED) is 0.131. The first kappa shape index (κ1) is 44.1. The van der Waals surface area contributed by atoms with E-state index in [1.165, 1.54) is 0 Å². The zero-order valence-electron chi connectivity index (χ0n) is 37.6. The highest BCUT2D eigenvalue weighted by Gasteiger charge is 2.40. The minimum Gasteiger partial charge on any atom is -0.378 e. The highest BCUT2D eigenvalue weighted by Crippen LogP contribution is 2.36. The molecule has 4 aromatic carbocycles. The number of hydrogen-bond donors (Lipinski definition) is 3. The number of morpholine rings is 1. The number of likely N-dealkylation sites (tertiary alicyclic amines) is 1. The maximum Gasteiger partial charge on any atom is 0.318 e. The van der Waals surface area contributed by atoms with Crippen LogP contribution in [0, 0.1) is 0 Å². The summed E-state index contributed by atoms with van der Waals surface area (Å²) in [6.07, 6.45) is 5.20. The van der Waals surface area contributed by atoms with Gasteiger partial charge in [-0.3, -0.25) is 19.3 Å². The summed E-state index contributed by atoms with van der Waals surface area (Å²) in [5.74, 6) is 1.12. The van der Waals surface area contributed by atoms with Gasteiger partial charge in [-0.2, -0.15) is 0 Å². The lowest BCUT2D eigenvalue weighted by atomic mass is 10.0. The summed E-state index contributed by atoms with van der Waals surface area (Å²) in [5, 5.41) is 3.03. The second-order valence-corrected chi connectivity index (χ2v) is 17.4. The molecule has 0 spiro atoms. The van der Waals surface area contributed by atoms with Crippen molar-refractivity contribution in [3.05, 3.63) is 144 Å². The number of aromatic nitrogens is 4. The molecular weight excluding hydrogens is 833 g/mol.